The van der Waals surface area contributed by atoms with E-state index in [0.717, 1.165) is 41.1 Å². The quantitative estimate of drug-likeness (QED) is 0.506. The fraction of sp³-hybridized carbons (Fsp3) is 0.300. The molecule has 7 heteroatoms. The number of nitrogens with zero attached hydrogens (tertiary/aromatic N) is 6. The van der Waals surface area contributed by atoms with Crippen LogP contribution in [0.25, 0.3) is 17.2 Å². The van der Waals surface area contributed by atoms with Gasteiger partial charge in [-0.25, -0.2) is 19.9 Å². The largest absolute Gasteiger partial charge is 0.324 e. The molecule has 0 saturated carbocycles. The number of hydrogen-bond donors (Lipinski definition) is 0. The Labute approximate surface area is 156 Å². The van der Waals surface area contributed by atoms with Crippen LogP contribution in [0.15, 0.2) is 36.9 Å². The molecule has 4 aromatic heterocycles. The minimum atomic E-state index is -0.517. The molecule has 0 aliphatic carbocycles. The van der Waals surface area contributed by atoms with Crippen LogP contribution in [0.2, 0.25) is 0 Å². The van der Waals surface area contributed by atoms with Crippen molar-refractivity contribution in [2.24, 2.45) is 0 Å². The molecule has 27 heavy (non-hydrogen) atoms. The van der Waals surface area contributed by atoms with Crippen LogP contribution in [-0.2, 0) is 13.0 Å². The standard InChI is InChI=1S/C20H21FN6/c1-4-6-15-17(23-12-27-14(3)13(2)24-19(15)27)11-26-10-9-22-20(26)16-7-5-8-18(21)25-16/h5,7-10,12H,4,6,11H2,1-3H3. The van der Waals surface area contributed by atoms with Crippen molar-refractivity contribution in [3.8, 4) is 11.5 Å². The number of rotatable bonds is 5. The van der Waals surface area contributed by atoms with Crippen molar-refractivity contribution >= 4 is 5.65 Å². The fourth-order valence-corrected chi connectivity index (χ4v) is 3.32. The highest BCUT2D eigenvalue weighted by Crippen LogP contribution is 2.22. The Balaban J connectivity index is 1.79. The van der Waals surface area contributed by atoms with E-state index in [9.17, 15) is 4.39 Å². The van der Waals surface area contributed by atoms with Gasteiger partial charge in [0.25, 0.3) is 0 Å². The van der Waals surface area contributed by atoms with Crippen molar-refractivity contribution in [1.29, 1.82) is 0 Å². The number of pyridine rings is 1. The van der Waals surface area contributed by atoms with Gasteiger partial charge in [0.05, 0.1) is 17.9 Å². The molecule has 6 nitrogen and oxygen atoms in total. The summed E-state index contributed by atoms with van der Waals surface area (Å²) in [5.41, 5.74) is 5.67. The zero-order chi connectivity index (χ0) is 19.0. The van der Waals surface area contributed by atoms with Crippen LogP contribution in [0.3, 0.4) is 0 Å². The molecule has 0 N–H and O–H groups in total. The molecule has 0 unspecified atom stereocenters. The van der Waals surface area contributed by atoms with E-state index in [1.807, 2.05) is 28.4 Å². The van der Waals surface area contributed by atoms with E-state index in [4.69, 9.17) is 9.97 Å². The topological polar surface area (TPSA) is 60.9 Å². The second kappa shape index (κ2) is 6.90. The van der Waals surface area contributed by atoms with Gasteiger partial charge in [0.1, 0.15) is 17.7 Å². The summed E-state index contributed by atoms with van der Waals surface area (Å²) in [7, 11) is 0. The van der Waals surface area contributed by atoms with Crippen LogP contribution in [-0.4, -0.2) is 28.9 Å². The smallest absolute Gasteiger partial charge is 0.213 e. The van der Waals surface area contributed by atoms with Gasteiger partial charge < -0.3 is 4.57 Å². The molecule has 0 amide bonds. The second-order valence-electron chi connectivity index (χ2n) is 6.62. The summed E-state index contributed by atoms with van der Waals surface area (Å²) in [6, 6.07) is 4.72. The van der Waals surface area contributed by atoms with Crippen molar-refractivity contribution in [3.05, 3.63) is 65.5 Å². The van der Waals surface area contributed by atoms with E-state index in [2.05, 4.69) is 23.8 Å². The number of fused-ring (bicyclic) bond motifs is 1. The third kappa shape index (κ3) is 3.09. The molecule has 0 aliphatic rings. The molecular weight excluding hydrogens is 343 g/mol. The molecule has 0 radical (unpaired) electrons. The number of halogens is 1. The molecule has 0 aliphatic heterocycles. The summed E-state index contributed by atoms with van der Waals surface area (Å²) in [5.74, 6) is 0.103. The maximum atomic E-state index is 13.5. The lowest BCUT2D eigenvalue weighted by Gasteiger charge is -2.12. The van der Waals surface area contributed by atoms with E-state index < -0.39 is 5.95 Å². The van der Waals surface area contributed by atoms with Gasteiger partial charge in [-0.2, -0.15) is 4.39 Å². The molecule has 0 fully saturated rings. The lowest BCUT2D eigenvalue weighted by molar-refractivity contribution is 0.584. The molecule has 0 aromatic carbocycles. The highest BCUT2D eigenvalue weighted by molar-refractivity contribution is 5.54. The van der Waals surface area contributed by atoms with Crippen molar-refractivity contribution in [3.63, 3.8) is 0 Å². The molecule has 4 aromatic rings. The summed E-state index contributed by atoms with van der Waals surface area (Å²) in [4.78, 5) is 17.8. The van der Waals surface area contributed by atoms with E-state index >= 15 is 0 Å². The van der Waals surface area contributed by atoms with Crippen LogP contribution in [0.1, 0.15) is 36.0 Å². The van der Waals surface area contributed by atoms with Crippen molar-refractivity contribution < 1.29 is 4.39 Å². The predicted molar refractivity (Wildman–Crippen MR) is 101 cm³/mol. The molecule has 4 heterocycles. The van der Waals surface area contributed by atoms with E-state index in [1.165, 1.54) is 6.07 Å². The number of aryl methyl sites for hydroxylation is 3. The first-order valence-electron chi connectivity index (χ1n) is 9.04. The normalized spacial score (nSPS) is 11.4. The summed E-state index contributed by atoms with van der Waals surface area (Å²) < 4.78 is 17.5. The predicted octanol–water partition coefficient (Wildman–Crippen LogP) is 3.74. The summed E-state index contributed by atoms with van der Waals surface area (Å²) >= 11 is 0. The number of imidazole rings is 2. The lowest BCUT2D eigenvalue weighted by atomic mass is 10.1. The zero-order valence-electron chi connectivity index (χ0n) is 15.6. The average molecular weight is 364 g/mol. The Morgan fingerprint density at radius 2 is 1.96 bits per heavy atom. The Bertz CT molecular complexity index is 1110. The summed E-state index contributed by atoms with van der Waals surface area (Å²) in [6.07, 6.45) is 7.29. The van der Waals surface area contributed by atoms with Crippen LogP contribution in [0.4, 0.5) is 4.39 Å². The maximum absolute atomic E-state index is 13.5. The monoisotopic (exact) mass is 364 g/mol. The SMILES string of the molecule is CCCc1c(Cn2ccnc2-c2cccc(F)n2)ncn2c(C)c(C)nc12. The fourth-order valence-electron chi connectivity index (χ4n) is 3.32. The lowest BCUT2D eigenvalue weighted by Crippen LogP contribution is -2.09. The van der Waals surface area contributed by atoms with Crippen molar-refractivity contribution in [2.45, 2.75) is 40.2 Å². The van der Waals surface area contributed by atoms with Gasteiger partial charge >= 0.3 is 0 Å². The van der Waals surface area contributed by atoms with Gasteiger partial charge in [-0.3, -0.25) is 4.40 Å². The van der Waals surface area contributed by atoms with Gasteiger partial charge in [0.15, 0.2) is 5.82 Å². The first kappa shape index (κ1) is 17.3. The van der Waals surface area contributed by atoms with E-state index in [1.54, 1.807) is 18.3 Å². The zero-order valence-corrected chi connectivity index (χ0v) is 15.6. The van der Waals surface area contributed by atoms with Crippen LogP contribution >= 0.6 is 0 Å². The summed E-state index contributed by atoms with van der Waals surface area (Å²) in [6.45, 7) is 6.75. The van der Waals surface area contributed by atoms with Crippen molar-refractivity contribution in [2.75, 3.05) is 0 Å². The Morgan fingerprint density at radius 1 is 1.11 bits per heavy atom. The van der Waals surface area contributed by atoms with Gasteiger partial charge in [-0.05, 0) is 32.4 Å². The molecule has 138 valence electrons. The van der Waals surface area contributed by atoms with Gasteiger partial charge in [-0.1, -0.05) is 19.4 Å². The van der Waals surface area contributed by atoms with Crippen LogP contribution < -0.4 is 0 Å². The average Bonchev–Trinajstić information content (AvgIpc) is 3.22. The van der Waals surface area contributed by atoms with Crippen LogP contribution in [0.5, 0.6) is 0 Å². The minimum Gasteiger partial charge on any atom is -0.324 e. The van der Waals surface area contributed by atoms with Crippen molar-refractivity contribution in [1.82, 2.24) is 28.9 Å². The van der Waals surface area contributed by atoms with E-state index in [-0.39, 0.29) is 0 Å². The molecule has 0 saturated heterocycles. The highest BCUT2D eigenvalue weighted by atomic mass is 19.1. The Hall–Kier alpha value is -3.09. The van der Waals surface area contributed by atoms with Gasteiger partial charge in [0, 0.05) is 23.7 Å². The van der Waals surface area contributed by atoms with Gasteiger partial charge in [0.2, 0.25) is 5.95 Å². The number of aromatic nitrogens is 6. The number of hydrogen-bond acceptors (Lipinski definition) is 4. The molecule has 0 spiro atoms. The first-order chi connectivity index (χ1) is 13.1. The maximum Gasteiger partial charge on any atom is 0.213 e. The minimum absolute atomic E-state index is 0.505. The molecule has 0 atom stereocenters. The third-order valence-electron chi connectivity index (χ3n) is 4.81. The highest BCUT2D eigenvalue weighted by Gasteiger charge is 2.16. The summed E-state index contributed by atoms with van der Waals surface area (Å²) in [5, 5.41) is 0. The molecular formula is C20H21FN6. The first-order valence-corrected chi connectivity index (χ1v) is 9.04. The molecule has 4 rings (SSSR count). The van der Waals surface area contributed by atoms with Gasteiger partial charge in [-0.15, -0.1) is 0 Å². The second-order valence-corrected chi connectivity index (χ2v) is 6.62. The van der Waals surface area contributed by atoms with E-state index in [0.29, 0.717) is 18.1 Å². The van der Waals surface area contributed by atoms with Crippen LogP contribution in [0, 0.1) is 19.8 Å². The molecule has 0 bridgehead atoms. The Morgan fingerprint density at radius 3 is 2.74 bits per heavy atom. The third-order valence-corrected chi connectivity index (χ3v) is 4.81. The Kier molecular flexibility index (Phi) is 4.43.